The molecule has 0 atom stereocenters. The van der Waals surface area contributed by atoms with Crippen LogP contribution in [0.1, 0.15) is 29.5 Å². The Labute approximate surface area is 219 Å². The molecule has 0 unspecified atom stereocenters. The second-order valence-electron chi connectivity index (χ2n) is 8.08. The van der Waals surface area contributed by atoms with E-state index in [0.717, 1.165) is 50.1 Å². The highest BCUT2D eigenvalue weighted by Gasteiger charge is 2.19. The highest BCUT2D eigenvalue weighted by molar-refractivity contribution is 6.37. The highest BCUT2D eigenvalue weighted by atomic mass is 35.5. The maximum absolute atomic E-state index is 6.47. The molecule has 0 aromatic heterocycles. The van der Waals surface area contributed by atoms with Gasteiger partial charge in [-0.1, -0.05) is 83.9 Å². The molecule has 33 heavy (non-hydrogen) atoms. The number of nitrogens with zero attached hydrogens (tertiary/aromatic N) is 1. The largest absolute Gasteiger partial charge is 0.486 e. The second-order valence-corrected chi connectivity index (χ2v) is 8.89. The molecular weight excluding hydrogens is 498 g/mol. The van der Waals surface area contributed by atoms with Crippen molar-refractivity contribution >= 4 is 48.0 Å². The number of hydrogen-bond acceptors (Lipinski definition) is 3. The Morgan fingerprint density at radius 2 is 1.33 bits per heavy atom. The van der Waals surface area contributed by atoms with E-state index < -0.39 is 0 Å². The summed E-state index contributed by atoms with van der Waals surface area (Å²) in [4.78, 5) is 2.53. The summed E-state index contributed by atoms with van der Waals surface area (Å²) >= 11 is 12.9. The monoisotopic (exact) mass is 526 g/mol. The van der Waals surface area contributed by atoms with Gasteiger partial charge in [0.25, 0.3) is 0 Å². The lowest BCUT2D eigenvalue weighted by Gasteiger charge is -2.32. The van der Waals surface area contributed by atoms with Crippen molar-refractivity contribution < 1.29 is 4.74 Å². The van der Waals surface area contributed by atoms with Gasteiger partial charge in [-0.15, -0.1) is 24.8 Å². The summed E-state index contributed by atoms with van der Waals surface area (Å²) < 4.78 is 5.87. The Hall–Kier alpha value is -1.46. The fraction of sp³-hybridized carbons (Fsp3) is 0.308. The Kier molecular flexibility index (Phi) is 11.8. The molecule has 7 heteroatoms. The van der Waals surface area contributed by atoms with Crippen LogP contribution < -0.4 is 10.1 Å². The molecule has 0 saturated carbocycles. The normalized spacial score (nSPS) is 14.2. The predicted octanol–water partition coefficient (Wildman–Crippen LogP) is 7.17. The minimum atomic E-state index is 0. The number of piperidine rings is 1. The Bertz CT molecular complexity index is 942. The first-order valence-corrected chi connectivity index (χ1v) is 11.6. The lowest BCUT2D eigenvalue weighted by Crippen LogP contribution is -2.41. The molecule has 0 amide bonds. The van der Waals surface area contributed by atoms with Crippen molar-refractivity contribution in [2.75, 3.05) is 13.1 Å². The summed E-state index contributed by atoms with van der Waals surface area (Å²) in [5.41, 5.74) is 3.54. The van der Waals surface area contributed by atoms with E-state index in [-0.39, 0.29) is 24.8 Å². The van der Waals surface area contributed by atoms with Crippen molar-refractivity contribution in [2.24, 2.45) is 0 Å². The van der Waals surface area contributed by atoms with Crippen molar-refractivity contribution in [1.29, 1.82) is 0 Å². The van der Waals surface area contributed by atoms with Gasteiger partial charge in [-0.25, -0.2) is 0 Å². The number of likely N-dealkylation sites (tertiary alicyclic amines) is 1. The summed E-state index contributed by atoms with van der Waals surface area (Å²) in [7, 11) is 0. The molecule has 1 fully saturated rings. The molecule has 178 valence electrons. The van der Waals surface area contributed by atoms with Crippen molar-refractivity contribution in [3.05, 3.63) is 99.5 Å². The summed E-state index contributed by atoms with van der Waals surface area (Å²) in [6.07, 6.45) is 2.29. The molecular formula is C26H30Cl4N2O. The quantitative estimate of drug-likeness (QED) is 0.336. The fourth-order valence-corrected chi connectivity index (χ4v) is 4.62. The van der Waals surface area contributed by atoms with Crippen molar-refractivity contribution in [3.8, 4) is 5.75 Å². The van der Waals surface area contributed by atoms with Crippen molar-refractivity contribution in [2.45, 2.75) is 38.6 Å². The van der Waals surface area contributed by atoms with Crippen LogP contribution in [0.25, 0.3) is 0 Å². The van der Waals surface area contributed by atoms with E-state index in [9.17, 15) is 0 Å². The van der Waals surface area contributed by atoms with Crippen LogP contribution >= 0.6 is 48.0 Å². The number of hydrogen-bond donors (Lipinski definition) is 1. The van der Waals surface area contributed by atoms with Crippen molar-refractivity contribution in [1.82, 2.24) is 10.2 Å². The standard InChI is InChI=1S/C26H28Cl2N2O.2ClH/c27-24-15-22(16-25(28)26(24)31-19-21-9-5-2-6-10-21)17-29-23-11-13-30(14-12-23)18-20-7-3-1-4-8-20;;/h1-10,15-16,23,29H,11-14,17-19H2;2*1H. The summed E-state index contributed by atoms with van der Waals surface area (Å²) in [6.45, 7) is 4.45. The minimum absolute atomic E-state index is 0. The average Bonchev–Trinajstić information content (AvgIpc) is 2.79. The molecule has 1 heterocycles. The maximum atomic E-state index is 6.47. The zero-order valence-corrected chi connectivity index (χ0v) is 21.5. The van der Waals surface area contributed by atoms with Crippen LogP contribution in [-0.2, 0) is 19.7 Å². The first kappa shape index (κ1) is 27.8. The lowest BCUT2D eigenvalue weighted by atomic mass is 10.0. The number of rotatable bonds is 8. The average molecular weight is 528 g/mol. The number of benzene rings is 3. The van der Waals surface area contributed by atoms with Crippen LogP contribution in [0.15, 0.2) is 72.8 Å². The van der Waals surface area contributed by atoms with Crippen LogP contribution in [0.3, 0.4) is 0 Å². The van der Waals surface area contributed by atoms with Gasteiger partial charge >= 0.3 is 0 Å². The van der Waals surface area contributed by atoms with E-state index in [1.54, 1.807) is 0 Å². The van der Waals surface area contributed by atoms with E-state index in [4.69, 9.17) is 27.9 Å². The molecule has 0 spiro atoms. The first-order chi connectivity index (χ1) is 15.2. The zero-order valence-electron chi connectivity index (χ0n) is 18.4. The Morgan fingerprint density at radius 3 is 1.91 bits per heavy atom. The molecule has 1 aliphatic rings. The van der Waals surface area contributed by atoms with E-state index in [1.165, 1.54) is 5.56 Å². The van der Waals surface area contributed by atoms with Crippen molar-refractivity contribution in [3.63, 3.8) is 0 Å². The predicted molar refractivity (Wildman–Crippen MR) is 143 cm³/mol. The van der Waals surface area contributed by atoms with Crippen LogP contribution in [0.2, 0.25) is 10.0 Å². The van der Waals surface area contributed by atoms with Gasteiger partial charge in [0.15, 0.2) is 5.75 Å². The lowest BCUT2D eigenvalue weighted by molar-refractivity contribution is 0.190. The SMILES string of the molecule is Cl.Cl.Clc1cc(CNC2CCN(Cc3ccccc3)CC2)cc(Cl)c1OCc1ccccc1. The summed E-state index contributed by atoms with van der Waals surface area (Å²) in [5.74, 6) is 0.546. The van der Waals surface area contributed by atoms with Gasteiger partial charge in [0.05, 0.1) is 10.0 Å². The fourth-order valence-electron chi connectivity index (χ4n) is 3.98. The first-order valence-electron chi connectivity index (χ1n) is 10.8. The summed E-state index contributed by atoms with van der Waals surface area (Å²) in [5, 5.41) is 4.78. The van der Waals surface area contributed by atoms with Gasteiger partial charge in [-0.2, -0.15) is 0 Å². The number of halogens is 4. The molecule has 1 saturated heterocycles. The molecule has 1 aliphatic heterocycles. The molecule has 3 aromatic carbocycles. The smallest absolute Gasteiger partial charge is 0.156 e. The third-order valence-corrected chi connectivity index (χ3v) is 6.28. The van der Waals surface area contributed by atoms with Crippen LogP contribution in [-0.4, -0.2) is 24.0 Å². The number of ether oxygens (including phenoxy) is 1. The molecule has 0 radical (unpaired) electrons. The van der Waals surface area contributed by atoms with Gasteiger partial charge in [0.2, 0.25) is 0 Å². The van der Waals surface area contributed by atoms with E-state index in [2.05, 4.69) is 40.5 Å². The second kappa shape index (κ2) is 14.1. The van der Waals surface area contributed by atoms with Crippen LogP contribution in [0, 0.1) is 0 Å². The molecule has 0 bridgehead atoms. The summed E-state index contributed by atoms with van der Waals surface area (Å²) in [6, 6.07) is 25.1. The van der Waals surface area contributed by atoms with E-state index in [0.29, 0.717) is 28.4 Å². The highest BCUT2D eigenvalue weighted by Crippen LogP contribution is 2.35. The molecule has 3 nitrogen and oxygen atoms in total. The van der Waals surface area contributed by atoms with Gasteiger partial charge in [-0.05, 0) is 54.8 Å². The van der Waals surface area contributed by atoms with E-state index >= 15 is 0 Å². The molecule has 1 N–H and O–H groups in total. The minimum Gasteiger partial charge on any atom is -0.486 e. The van der Waals surface area contributed by atoms with Gasteiger partial charge in [0.1, 0.15) is 6.61 Å². The van der Waals surface area contributed by atoms with Crippen LogP contribution in [0.4, 0.5) is 0 Å². The van der Waals surface area contributed by atoms with Gasteiger partial charge in [0, 0.05) is 19.1 Å². The third kappa shape index (κ3) is 8.36. The third-order valence-electron chi connectivity index (χ3n) is 5.72. The van der Waals surface area contributed by atoms with Crippen LogP contribution in [0.5, 0.6) is 5.75 Å². The van der Waals surface area contributed by atoms with E-state index in [1.807, 2.05) is 42.5 Å². The Morgan fingerprint density at radius 1 is 0.788 bits per heavy atom. The molecule has 4 rings (SSSR count). The van der Waals surface area contributed by atoms with Gasteiger partial charge < -0.3 is 10.1 Å². The number of nitrogens with one attached hydrogen (secondary N) is 1. The maximum Gasteiger partial charge on any atom is 0.156 e. The van der Waals surface area contributed by atoms with Gasteiger partial charge in [-0.3, -0.25) is 4.90 Å². The zero-order chi connectivity index (χ0) is 21.5. The molecule has 3 aromatic rings. The Balaban J connectivity index is 0.00000193. The molecule has 0 aliphatic carbocycles. The topological polar surface area (TPSA) is 24.5 Å².